The molecule has 0 amide bonds. The van der Waals surface area contributed by atoms with Crippen LogP contribution >= 0.6 is 0 Å². The molecule has 1 aliphatic heterocycles. The van der Waals surface area contributed by atoms with Crippen molar-refractivity contribution in [2.24, 2.45) is 5.73 Å². The molecule has 0 spiro atoms. The van der Waals surface area contributed by atoms with Crippen LogP contribution in [0.15, 0.2) is 24.3 Å². The third kappa shape index (κ3) is 3.10. The standard InChI is InChI=1S/C15H24N2O/c1-12(2)18-9-5-8-17-11-13-6-3-4-7-14(13)15(17)10-16/h3-4,6-7,12,15H,5,8-11,16H2,1-2H3. The first-order valence-corrected chi connectivity index (χ1v) is 6.86. The number of nitrogens with two attached hydrogens (primary N) is 1. The summed E-state index contributed by atoms with van der Waals surface area (Å²) >= 11 is 0. The summed E-state index contributed by atoms with van der Waals surface area (Å²) in [6.45, 7) is 7.77. The average molecular weight is 248 g/mol. The summed E-state index contributed by atoms with van der Waals surface area (Å²) in [5.74, 6) is 0. The van der Waals surface area contributed by atoms with Crippen molar-refractivity contribution in [3.8, 4) is 0 Å². The molecule has 0 saturated carbocycles. The maximum absolute atomic E-state index is 5.92. The van der Waals surface area contributed by atoms with Gasteiger partial charge in [0.25, 0.3) is 0 Å². The Hall–Kier alpha value is -0.900. The molecule has 0 aromatic heterocycles. The molecule has 0 radical (unpaired) electrons. The first-order valence-electron chi connectivity index (χ1n) is 6.86. The van der Waals surface area contributed by atoms with Gasteiger partial charge in [0.1, 0.15) is 0 Å². The first kappa shape index (κ1) is 13.5. The highest BCUT2D eigenvalue weighted by Gasteiger charge is 2.27. The van der Waals surface area contributed by atoms with Gasteiger partial charge in [-0.1, -0.05) is 24.3 Å². The van der Waals surface area contributed by atoms with Crippen molar-refractivity contribution < 1.29 is 4.74 Å². The number of rotatable bonds is 6. The van der Waals surface area contributed by atoms with Gasteiger partial charge in [-0.15, -0.1) is 0 Å². The zero-order valence-electron chi connectivity index (χ0n) is 11.4. The molecule has 3 nitrogen and oxygen atoms in total. The van der Waals surface area contributed by atoms with E-state index in [1.807, 2.05) is 0 Å². The van der Waals surface area contributed by atoms with Crippen LogP contribution in [0.4, 0.5) is 0 Å². The van der Waals surface area contributed by atoms with E-state index >= 15 is 0 Å². The Bertz CT molecular complexity index is 379. The van der Waals surface area contributed by atoms with E-state index in [-0.39, 0.29) is 0 Å². The van der Waals surface area contributed by atoms with Crippen molar-refractivity contribution in [2.45, 2.75) is 39.0 Å². The Morgan fingerprint density at radius 2 is 2.17 bits per heavy atom. The topological polar surface area (TPSA) is 38.5 Å². The van der Waals surface area contributed by atoms with Crippen LogP contribution in [0.2, 0.25) is 0 Å². The summed E-state index contributed by atoms with van der Waals surface area (Å²) in [5, 5.41) is 0. The van der Waals surface area contributed by atoms with Crippen molar-refractivity contribution in [1.82, 2.24) is 4.90 Å². The smallest absolute Gasteiger partial charge is 0.0518 e. The molecule has 1 aliphatic rings. The van der Waals surface area contributed by atoms with Gasteiger partial charge in [0, 0.05) is 32.3 Å². The second-order valence-electron chi connectivity index (χ2n) is 5.19. The average Bonchev–Trinajstić information content (AvgIpc) is 2.71. The van der Waals surface area contributed by atoms with Crippen molar-refractivity contribution in [3.63, 3.8) is 0 Å². The van der Waals surface area contributed by atoms with Crippen LogP contribution in [0.3, 0.4) is 0 Å². The normalized spacial score (nSPS) is 19.4. The van der Waals surface area contributed by atoms with Crippen molar-refractivity contribution in [3.05, 3.63) is 35.4 Å². The highest BCUT2D eigenvalue weighted by molar-refractivity contribution is 5.34. The number of nitrogens with zero attached hydrogens (tertiary/aromatic N) is 1. The van der Waals surface area contributed by atoms with Gasteiger partial charge in [0.15, 0.2) is 0 Å². The lowest BCUT2D eigenvalue weighted by Gasteiger charge is -2.23. The lowest BCUT2D eigenvalue weighted by Crippen LogP contribution is -2.29. The zero-order chi connectivity index (χ0) is 13.0. The SMILES string of the molecule is CC(C)OCCCN1Cc2ccccc2C1CN. The number of fused-ring (bicyclic) bond motifs is 1. The van der Waals surface area contributed by atoms with E-state index in [0.29, 0.717) is 18.7 Å². The zero-order valence-corrected chi connectivity index (χ0v) is 11.4. The summed E-state index contributed by atoms with van der Waals surface area (Å²) in [6, 6.07) is 9.02. The molecule has 1 atom stereocenters. The lowest BCUT2D eigenvalue weighted by atomic mass is 10.1. The highest BCUT2D eigenvalue weighted by Crippen LogP contribution is 2.32. The van der Waals surface area contributed by atoms with Gasteiger partial charge in [-0.3, -0.25) is 4.90 Å². The Balaban J connectivity index is 1.88. The van der Waals surface area contributed by atoms with Gasteiger partial charge >= 0.3 is 0 Å². The molecule has 1 aromatic rings. The first-order chi connectivity index (χ1) is 8.72. The molecule has 1 unspecified atom stereocenters. The Kier molecular flexibility index (Phi) is 4.75. The minimum absolute atomic E-state index is 0.325. The summed E-state index contributed by atoms with van der Waals surface area (Å²) in [4.78, 5) is 2.47. The van der Waals surface area contributed by atoms with Gasteiger partial charge in [0.05, 0.1) is 6.10 Å². The summed E-state index contributed by atoms with van der Waals surface area (Å²) in [5.41, 5.74) is 8.75. The summed E-state index contributed by atoms with van der Waals surface area (Å²) in [7, 11) is 0. The van der Waals surface area contributed by atoms with Crippen molar-refractivity contribution in [1.29, 1.82) is 0 Å². The predicted octanol–water partition coefficient (Wildman–Crippen LogP) is 2.32. The second kappa shape index (κ2) is 6.32. The third-order valence-electron chi connectivity index (χ3n) is 3.49. The van der Waals surface area contributed by atoms with Crippen LogP contribution < -0.4 is 5.73 Å². The molecule has 0 aliphatic carbocycles. The van der Waals surface area contributed by atoms with Gasteiger partial charge in [0.2, 0.25) is 0 Å². The predicted molar refractivity (Wildman–Crippen MR) is 74.4 cm³/mol. The van der Waals surface area contributed by atoms with Crippen LogP contribution in [-0.4, -0.2) is 30.7 Å². The van der Waals surface area contributed by atoms with Crippen molar-refractivity contribution in [2.75, 3.05) is 19.7 Å². The molecule has 0 fully saturated rings. The maximum atomic E-state index is 5.92. The van der Waals surface area contributed by atoms with E-state index in [9.17, 15) is 0 Å². The molecule has 2 N–H and O–H groups in total. The monoisotopic (exact) mass is 248 g/mol. The molecule has 0 saturated heterocycles. The fraction of sp³-hybridized carbons (Fsp3) is 0.600. The maximum Gasteiger partial charge on any atom is 0.0518 e. The van der Waals surface area contributed by atoms with Crippen LogP contribution in [0, 0.1) is 0 Å². The molecule has 2 rings (SSSR count). The molecular formula is C15H24N2O. The third-order valence-corrected chi connectivity index (χ3v) is 3.49. The number of hydrogen-bond donors (Lipinski definition) is 1. The quantitative estimate of drug-likeness (QED) is 0.785. The molecule has 0 bridgehead atoms. The second-order valence-corrected chi connectivity index (χ2v) is 5.19. The van der Waals surface area contributed by atoms with Gasteiger partial charge in [-0.2, -0.15) is 0 Å². The molecule has 18 heavy (non-hydrogen) atoms. The van der Waals surface area contributed by atoms with E-state index in [2.05, 4.69) is 43.0 Å². The number of ether oxygens (including phenoxy) is 1. The Labute approximate surface area is 110 Å². The summed E-state index contributed by atoms with van der Waals surface area (Å²) in [6.07, 6.45) is 1.40. The van der Waals surface area contributed by atoms with Crippen LogP contribution in [0.5, 0.6) is 0 Å². The molecule has 1 aromatic carbocycles. The Morgan fingerprint density at radius 1 is 1.39 bits per heavy atom. The number of hydrogen-bond acceptors (Lipinski definition) is 3. The van der Waals surface area contributed by atoms with Gasteiger partial charge in [-0.05, 0) is 31.4 Å². The Morgan fingerprint density at radius 3 is 2.89 bits per heavy atom. The fourth-order valence-electron chi connectivity index (χ4n) is 2.63. The van der Waals surface area contributed by atoms with Crippen molar-refractivity contribution >= 4 is 0 Å². The van der Waals surface area contributed by atoms with Gasteiger partial charge in [-0.25, -0.2) is 0 Å². The molecule has 100 valence electrons. The van der Waals surface area contributed by atoms with Crippen LogP contribution in [0.25, 0.3) is 0 Å². The summed E-state index contributed by atoms with van der Waals surface area (Å²) < 4.78 is 5.59. The molecule has 1 heterocycles. The minimum atomic E-state index is 0.325. The van der Waals surface area contributed by atoms with Gasteiger partial charge < -0.3 is 10.5 Å². The van der Waals surface area contributed by atoms with E-state index in [4.69, 9.17) is 10.5 Å². The van der Waals surface area contributed by atoms with Crippen LogP contribution in [0.1, 0.15) is 37.4 Å². The molecule has 3 heteroatoms. The van der Waals surface area contributed by atoms with E-state index in [1.165, 1.54) is 11.1 Å². The largest absolute Gasteiger partial charge is 0.379 e. The minimum Gasteiger partial charge on any atom is -0.379 e. The highest BCUT2D eigenvalue weighted by atomic mass is 16.5. The lowest BCUT2D eigenvalue weighted by molar-refractivity contribution is 0.0675. The van der Waals surface area contributed by atoms with E-state index < -0.39 is 0 Å². The van der Waals surface area contributed by atoms with Crippen LogP contribution in [-0.2, 0) is 11.3 Å². The molecular weight excluding hydrogens is 224 g/mol. The number of benzene rings is 1. The fourth-order valence-corrected chi connectivity index (χ4v) is 2.63. The van der Waals surface area contributed by atoms with E-state index in [0.717, 1.165) is 26.1 Å². The van der Waals surface area contributed by atoms with E-state index in [1.54, 1.807) is 0 Å².